The van der Waals surface area contributed by atoms with Crippen LogP contribution in [0.3, 0.4) is 0 Å². The van der Waals surface area contributed by atoms with E-state index in [2.05, 4.69) is 13.8 Å². The van der Waals surface area contributed by atoms with Crippen molar-refractivity contribution in [1.29, 1.82) is 0 Å². The molecule has 1 rings (SSSR count). The molecule has 0 spiro atoms. The number of Topliss-reactive ketones (excluding diaryl/α,β-unsaturated/α-hetero) is 2. The smallest absolute Gasteiger partial charge is 0.185 e. The van der Waals surface area contributed by atoms with E-state index < -0.39 is 0 Å². The predicted molar refractivity (Wildman–Crippen MR) is 111 cm³/mol. The molecule has 26 heavy (non-hydrogen) atoms. The molecule has 0 heterocycles. The maximum atomic E-state index is 12.4. The van der Waals surface area contributed by atoms with Gasteiger partial charge in [0.2, 0.25) is 0 Å². The van der Waals surface area contributed by atoms with Crippen molar-refractivity contribution in [1.82, 2.24) is 0 Å². The van der Waals surface area contributed by atoms with E-state index >= 15 is 0 Å². The first kappa shape index (κ1) is 22.9. The summed E-state index contributed by atoms with van der Waals surface area (Å²) in [5.41, 5.74) is 2.71. The summed E-state index contributed by atoms with van der Waals surface area (Å²) in [5.74, 6) is 1.00. The highest BCUT2D eigenvalue weighted by molar-refractivity contribution is 6.24. The molecule has 0 aromatic rings. The van der Waals surface area contributed by atoms with Gasteiger partial charge >= 0.3 is 0 Å². The summed E-state index contributed by atoms with van der Waals surface area (Å²) in [6, 6.07) is 0. The number of allylic oxidation sites excluding steroid dienone is 4. The lowest BCUT2D eigenvalue weighted by molar-refractivity contribution is -0.116. The monoisotopic (exact) mass is 360 g/mol. The minimum atomic E-state index is 0.0606. The fourth-order valence-corrected chi connectivity index (χ4v) is 3.73. The highest BCUT2D eigenvalue weighted by Gasteiger charge is 2.26. The molecule has 0 N–H and O–H groups in total. The van der Waals surface area contributed by atoms with Crippen LogP contribution in [0.25, 0.3) is 0 Å². The van der Waals surface area contributed by atoms with Crippen molar-refractivity contribution < 1.29 is 9.59 Å². The highest BCUT2D eigenvalue weighted by atomic mass is 16.1. The van der Waals surface area contributed by atoms with E-state index in [9.17, 15) is 9.59 Å². The van der Waals surface area contributed by atoms with Crippen molar-refractivity contribution in [3.8, 4) is 0 Å². The third-order valence-electron chi connectivity index (χ3n) is 5.77. The second kappa shape index (κ2) is 12.3. The zero-order chi connectivity index (χ0) is 19.5. The molecule has 0 aliphatic heterocycles. The Morgan fingerprint density at radius 2 is 1.00 bits per heavy atom. The van der Waals surface area contributed by atoms with E-state index in [0.29, 0.717) is 16.7 Å². The lowest BCUT2D eigenvalue weighted by Gasteiger charge is -2.18. The number of carbonyl (C=O) groups is 2. The van der Waals surface area contributed by atoms with Crippen molar-refractivity contribution in [3.63, 3.8) is 0 Å². The Hall–Kier alpha value is -1.18. The second-order valence-corrected chi connectivity index (χ2v) is 8.48. The quantitative estimate of drug-likeness (QED) is 0.258. The molecule has 0 aromatic heterocycles. The minimum Gasteiger partial charge on any atom is -0.289 e. The molecular formula is C24H40O2. The van der Waals surface area contributed by atoms with Crippen LogP contribution < -0.4 is 0 Å². The van der Waals surface area contributed by atoms with Crippen LogP contribution in [0.15, 0.2) is 22.3 Å². The number of rotatable bonds is 13. The van der Waals surface area contributed by atoms with E-state index in [-0.39, 0.29) is 11.6 Å². The summed E-state index contributed by atoms with van der Waals surface area (Å²) in [6.07, 6.45) is 15.1. The van der Waals surface area contributed by atoms with Crippen molar-refractivity contribution in [2.45, 2.75) is 112 Å². The summed E-state index contributed by atoms with van der Waals surface area (Å²) >= 11 is 0. The average molecular weight is 361 g/mol. The number of hydrogen-bond acceptors (Lipinski definition) is 2. The molecule has 0 bridgehead atoms. The van der Waals surface area contributed by atoms with Gasteiger partial charge in [-0.05, 0) is 39.5 Å². The lowest BCUT2D eigenvalue weighted by Crippen LogP contribution is -2.20. The van der Waals surface area contributed by atoms with Gasteiger partial charge in [-0.25, -0.2) is 0 Å². The lowest BCUT2D eigenvalue weighted by atomic mass is 9.84. The van der Waals surface area contributed by atoms with Gasteiger partial charge in [-0.1, -0.05) is 78.1 Å². The van der Waals surface area contributed by atoms with Crippen LogP contribution in [0.5, 0.6) is 0 Å². The fraction of sp³-hybridized carbons (Fsp3) is 0.750. The first-order valence-corrected chi connectivity index (χ1v) is 10.8. The molecule has 0 saturated heterocycles. The number of unbranched alkanes of at least 4 members (excludes halogenated alkanes) is 9. The van der Waals surface area contributed by atoms with E-state index in [1.54, 1.807) is 13.8 Å². The van der Waals surface area contributed by atoms with Gasteiger partial charge in [-0.2, -0.15) is 0 Å². The van der Waals surface area contributed by atoms with Gasteiger partial charge in [-0.15, -0.1) is 0 Å². The number of ketones is 2. The van der Waals surface area contributed by atoms with Crippen LogP contribution in [0.1, 0.15) is 112 Å². The minimum absolute atomic E-state index is 0.0606. The second-order valence-electron chi connectivity index (χ2n) is 8.48. The summed E-state index contributed by atoms with van der Waals surface area (Å²) in [4.78, 5) is 24.5. The highest BCUT2D eigenvalue weighted by Crippen LogP contribution is 2.27. The van der Waals surface area contributed by atoms with Crippen LogP contribution in [-0.2, 0) is 9.59 Å². The largest absolute Gasteiger partial charge is 0.289 e. The van der Waals surface area contributed by atoms with E-state index in [4.69, 9.17) is 0 Å². The summed E-state index contributed by atoms with van der Waals surface area (Å²) in [5, 5.41) is 0. The number of carbonyl (C=O) groups excluding carboxylic acids is 2. The molecule has 0 aromatic carbocycles. The fourth-order valence-electron chi connectivity index (χ4n) is 3.73. The molecule has 0 atom stereocenters. The SMILES string of the molecule is CC1=C(C)C(=O)C(CCCCCCCCCCCCC(C)C)=C(C)C1=O. The Labute approximate surface area is 161 Å². The maximum absolute atomic E-state index is 12.4. The topological polar surface area (TPSA) is 34.1 Å². The Kier molecular flexibility index (Phi) is 10.8. The molecule has 1 aliphatic carbocycles. The van der Waals surface area contributed by atoms with Gasteiger partial charge in [0.25, 0.3) is 0 Å². The molecule has 0 saturated carbocycles. The predicted octanol–water partition coefficient (Wildman–Crippen LogP) is 7.13. The first-order chi connectivity index (χ1) is 12.4. The third kappa shape index (κ3) is 7.60. The van der Waals surface area contributed by atoms with E-state index in [0.717, 1.165) is 30.8 Å². The van der Waals surface area contributed by atoms with Crippen LogP contribution in [-0.4, -0.2) is 11.6 Å². The van der Waals surface area contributed by atoms with E-state index in [1.807, 2.05) is 6.92 Å². The molecule has 2 heteroatoms. The molecular weight excluding hydrogens is 320 g/mol. The molecule has 0 unspecified atom stereocenters. The van der Waals surface area contributed by atoms with Gasteiger partial charge in [-0.3, -0.25) is 9.59 Å². The first-order valence-electron chi connectivity index (χ1n) is 10.8. The Morgan fingerprint density at radius 1 is 0.577 bits per heavy atom. The van der Waals surface area contributed by atoms with Gasteiger partial charge in [0.15, 0.2) is 11.6 Å². The average Bonchev–Trinajstić information content (AvgIpc) is 2.61. The molecule has 1 aliphatic rings. The third-order valence-corrected chi connectivity index (χ3v) is 5.77. The van der Waals surface area contributed by atoms with Crippen molar-refractivity contribution >= 4 is 11.6 Å². The number of hydrogen-bond donors (Lipinski definition) is 0. The van der Waals surface area contributed by atoms with Crippen LogP contribution in [0.2, 0.25) is 0 Å². The summed E-state index contributed by atoms with van der Waals surface area (Å²) < 4.78 is 0. The van der Waals surface area contributed by atoms with Crippen LogP contribution in [0.4, 0.5) is 0 Å². The summed E-state index contributed by atoms with van der Waals surface area (Å²) in [6.45, 7) is 9.97. The molecule has 2 nitrogen and oxygen atoms in total. The summed E-state index contributed by atoms with van der Waals surface area (Å²) in [7, 11) is 0. The Balaban J connectivity index is 2.08. The molecule has 148 valence electrons. The zero-order valence-corrected chi connectivity index (χ0v) is 17.9. The van der Waals surface area contributed by atoms with E-state index in [1.165, 1.54) is 57.8 Å². The maximum Gasteiger partial charge on any atom is 0.185 e. The molecule has 0 fully saturated rings. The van der Waals surface area contributed by atoms with Crippen molar-refractivity contribution in [2.75, 3.05) is 0 Å². The zero-order valence-electron chi connectivity index (χ0n) is 17.9. The van der Waals surface area contributed by atoms with Gasteiger partial charge in [0, 0.05) is 22.3 Å². The van der Waals surface area contributed by atoms with Crippen LogP contribution in [0, 0.1) is 5.92 Å². The standard InChI is InChI=1S/C24H40O2/c1-18(2)16-14-12-10-8-6-7-9-11-13-15-17-22-21(5)23(25)19(3)20(4)24(22)26/h18H,6-17H2,1-5H3. The van der Waals surface area contributed by atoms with Gasteiger partial charge < -0.3 is 0 Å². The van der Waals surface area contributed by atoms with Crippen molar-refractivity contribution in [3.05, 3.63) is 22.3 Å². The molecule has 0 amide bonds. The Morgan fingerprint density at radius 3 is 1.50 bits per heavy atom. The Bertz CT molecular complexity index is 534. The van der Waals surface area contributed by atoms with Crippen molar-refractivity contribution in [2.24, 2.45) is 5.92 Å². The van der Waals surface area contributed by atoms with Crippen LogP contribution >= 0.6 is 0 Å². The molecule has 0 radical (unpaired) electrons. The van der Waals surface area contributed by atoms with Gasteiger partial charge in [0.1, 0.15) is 0 Å². The van der Waals surface area contributed by atoms with Gasteiger partial charge in [0.05, 0.1) is 0 Å². The normalized spacial score (nSPS) is 15.6.